The lowest BCUT2D eigenvalue weighted by Gasteiger charge is -2.41. The van der Waals surface area contributed by atoms with Crippen molar-refractivity contribution in [1.82, 2.24) is 4.31 Å². The highest BCUT2D eigenvalue weighted by molar-refractivity contribution is 8.15. The van der Waals surface area contributed by atoms with Gasteiger partial charge in [0.05, 0.1) is 0 Å². The van der Waals surface area contributed by atoms with E-state index < -0.39 is 0 Å². The van der Waals surface area contributed by atoms with Crippen molar-refractivity contribution in [3.63, 3.8) is 0 Å². The third-order valence-corrected chi connectivity index (χ3v) is 7.91. The largest absolute Gasteiger partial charge is 0.216 e. The van der Waals surface area contributed by atoms with Crippen molar-refractivity contribution in [2.24, 2.45) is 13.8 Å². The zero-order valence-electron chi connectivity index (χ0n) is 14.2. The number of nitrogens with zero attached hydrogens (tertiary/aromatic N) is 4. The first-order valence-electron chi connectivity index (χ1n) is 8.82. The van der Waals surface area contributed by atoms with E-state index in [0.29, 0.717) is 12.1 Å². The molecule has 1 heterocycles. The third-order valence-electron chi connectivity index (χ3n) is 4.93. The average Bonchev–Trinajstić information content (AvgIpc) is 2.63. The van der Waals surface area contributed by atoms with Gasteiger partial charge in [0.15, 0.2) is 10.3 Å². The Bertz CT molecular complexity index is 469. The fourth-order valence-electron chi connectivity index (χ4n) is 3.78. The molecule has 23 heavy (non-hydrogen) atoms. The lowest BCUT2D eigenvalue weighted by Crippen LogP contribution is -2.46. The van der Waals surface area contributed by atoms with E-state index in [0.717, 1.165) is 10.3 Å². The highest BCUT2D eigenvalue weighted by Crippen LogP contribution is 2.33. The molecule has 0 spiro atoms. The molecule has 2 fully saturated rings. The predicted molar refractivity (Wildman–Crippen MR) is 107 cm³/mol. The van der Waals surface area contributed by atoms with Crippen molar-refractivity contribution in [3.05, 3.63) is 0 Å². The molecule has 3 rings (SSSR count). The van der Waals surface area contributed by atoms with Gasteiger partial charge in [-0.3, -0.25) is 0 Å². The maximum Gasteiger partial charge on any atom is 0.199 e. The normalized spacial score (nSPS) is 27.5. The third kappa shape index (κ3) is 4.61. The monoisotopic (exact) mass is 372 g/mol. The molecule has 1 aliphatic heterocycles. The molecule has 7 heteroatoms. The summed E-state index contributed by atoms with van der Waals surface area (Å²) in [5, 5.41) is 1.81. The Morgan fingerprint density at radius 2 is 1.35 bits per heavy atom. The second-order valence-electron chi connectivity index (χ2n) is 6.46. The molecule has 4 nitrogen and oxygen atoms in total. The molecule has 0 radical (unpaired) electrons. The summed E-state index contributed by atoms with van der Waals surface area (Å²) in [6, 6.07) is 1.35. The van der Waals surface area contributed by atoms with Crippen LogP contribution in [0.3, 0.4) is 0 Å². The van der Waals surface area contributed by atoms with Crippen LogP contribution in [-0.2, 0) is 11.1 Å². The van der Waals surface area contributed by atoms with E-state index in [2.05, 4.69) is 21.8 Å². The molecule has 0 amide bonds. The minimum Gasteiger partial charge on any atom is -0.216 e. The summed E-state index contributed by atoms with van der Waals surface area (Å²) in [5.41, 5.74) is 0. The lowest BCUT2D eigenvalue weighted by molar-refractivity contribution is 0.182. The topological polar surface area (TPSA) is 40.3 Å². The smallest absolute Gasteiger partial charge is 0.199 e. The number of amidine groups is 2. The van der Waals surface area contributed by atoms with Crippen LogP contribution in [0.4, 0.5) is 0 Å². The van der Waals surface area contributed by atoms with Gasteiger partial charge in [-0.15, -0.1) is 0 Å². The number of rotatable bonds is 3. The predicted octanol–water partition coefficient (Wildman–Crippen LogP) is 5.04. The van der Waals surface area contributed by atoms with Crippen LogP contribution in [0.25, 0.3) is 0 Å². The Morgan fingerprint density at radius 1 is 0.826 bits per heavy atom. The van der Waals surface area contributed by atoms with Crippen LogP contribution < -0.4 is 0 Å². The van der Waals surface area contributed by atoms with Gasteiger partial charge in [0.1, 0.15) is 11.1 Å². The van der Waals surface area contributed by atoms with E-state index in [1.807, 2.05) is 0 Å². The molecule has 2 aliphatic carbocycles. The molecule has 2 saturated carbocycles. The summed E-state index contributed by atoms with van der Waals surface area (Å²) in [4.78, 5) is 4.55. The van der Waals surface area contributed by atoms with E-state index in [1.165, 1.54) is 64.2 Å². The fourth-order valence-corrected chi connectivity index (χ4v) is 6.73. The minimum absolute atomic E-state index is 0.364. The van der Waals surface area contributed by atoms with E-state index in [1.54, 1.807) is 23.5 Å². The lowest BCUT2D eigenvalue weighted by atomic mass is 9.91. The zero-order chi connectivity index (χ0) is 16.1. The van der Waals surface area contributed by atoms with Gasteiger partial charge in [-0.05, 0) is 38.2 Å². The van der Waals surface area contributed by atoms with E-state index in [-0.39, 0.29) is 11.1 Å². The van der Waals surface area contributed by atoms with Crippen molar-refractivity contribution < 1.29 is 0 Å². The first kappa shape index (κ1) is 18.0. The van der Waals surface area contributed by atoms with Crippen LogP contribution in [-0.4, -0.2) is 39.2 Å². The minimum atomic E-state index is -0.364. The van der Waals surface area contributed by atoms with Crippen molar-refractivity contribution in [1.29, 1.82) is 0 Å². The molecule has 130 valence electrons. The number of thioether (sulfide) groups is 2. The summed E-state index contributed by atoms with van der Waals surface area (Å²) < 4.78 is 12.5. The fraction of sp³-hybridized carbons (Fsp3) is 0.875. The highest BCUT2D eigenvalue weighted by atomic mass is 32.2. The van der Waals surface area contributed by atoms with Crippen LogP contribution in [0.1, 0.15) is 64.2 Å². The molecule has 0 aromatic rings. The quantitative estimate of drug-likeness (QED) is 0.697. The van der Waals surface area contributed by atoms with Gasteiger partial charge in [-0.2, -0.15) is 13.8 Å². The number of aliphatic imine (C=N–C) groups is 1. The van der Waals surface area contributed by atoms with Gasteiger partial charge in [0.25, 0.3) is 0 Å². The first-order valence-corrected chi connectivity index (χ1v) is 12.4. The maximum absolute atomic E-state index is 4.92. The average molecular weight is 373 g/mol. The van der Waals surface area contributed by atoms with Gasteiger partial charge in [-0.25, -0.2) is 4.31 Å². The van der Waals surface area contributed by atoms with Crippen molar-refractivity contribution >= 4 is 44.9 Å². The molecule has 0 aromatic carbocycles. The van der Waals surface area contributed by atoms with Gasteiger partial charge >= 0.3 is 0 Å². The van der Waals surface area contributed by atoms with Gasteiger partial charge in [0, 0.05) is 12.1 Å². The van der Waals surface area contributed by atoms with Crippen LogP contribution in [0.15, 0.2) is 13.8 Å². The Kier molecular flexibility index (Phi) is 7.04. The van der Waals surface area contributed by atoms with Crippen molar-refractivity contribution in [2.75, 3.05) is 12.5 Å². The molecular formula is C16H28N4S3. The molecular weight excluding hydrogens is 344 g/mol. The Labute approximate surface area is 151 Å². The Balaban J connectivity index is 1.88. The van der Waals surface area contributed by atoms with Crippen molar-refractivity contribution in [3.8, 4) is 0 Å². The second kappa shape index (κ2) is 9.02. The number of hydrogen-bond acceptors (Lipinski definition) is 6. The van der Waals surface area contributed by atoms with Gasteiger partial charge < -0.3 is 0 Å². The molecule has 1 unspecified atom stereocenters. The summed E-state index contributed by atoms with van der Waals surface area (Å²) in [6.07, 6.45) is 17.7. The zero-order valence-corrected chi connectivity index (χ0v) is 16.7. The van der Waals surface area contributed by atoms with Crippen LogP contribution in [0.5, 0.6) is 0 Å². The van der Waals surface area contributed by atoms with E-state index in [4.69, 9.17) is 8.76 Å². The highest BCUT2D eigenvalue weighted by Gasteiger charge is 2.33. The van der Waals surface area contributed by atoms with Crippen LogP contribution >= 0.6 is 23.5 Å². The summed E-state index contributed by atoms with van der Waals surface area (Å²) in [6.45, 7) is 0. The van der Waals surface area contributed by atoms with Gasteiger partial charge in [-0.1, -0.05) is 62.0 Å². The summed E-state index contributed by atoms with van der Waals surface area (Å²) in [7, 11) is 0. The SMILES string of the molecule is CSC1=NC(SC)=NS(N(C2CCCCC2)C2CCCCC2)=N1. The molecule has 0 N–H and O–H groups in total. The maximum atomic E-state index is 4.92. The van der Waals surface area contributed by atoms with Crippen LogP contribution in [0, 0.1) is 0 Å². The first-order chi connectivity index (χ1) is 11.3. The van der Waals surface area contributed by atoms with E-state index >= 15 is 0 Å². The Hall–Kier alpha value is 0.150. The Morgan fingerprint density at radius 3 is 1.83 bits per heavy atom. The standard InChI is InChI=1S/C16H28N4S3/c1-21-15-17-16(22-2)19-23(18-15)20(13-9-5-3-6-10-13)14-11-7-4-8-12-14/h13-14H,3-12H2,1-2H3. The van der Waals surface area contributed by atoms with Crippen LogP contribution in [0.2, 0.25) is 0 Å². The summed E-state index contributed by atoms with van der Waals surface area (Å²) in [5.74, 6) is 0. The number of hydrogen-bond donors (Lipinski definition) is 0. The van der Waals surface area contributed by atoms with Gasteiger partial charge in [0.2, 0.25) is 0 Å². The molecule has 0 saturated heterocycles. The molecule has 1 atom stereocenters. The summed E-state index contributed by atoms with van der Waals surface area (Å²) >= 11 is 2.93. The second-order valence-corrected chi connectivity index (χ2v) is 9.28. The molecule has 0 aromatic heterocycles. The molecule has 0 bridgehead atoms. The van der Waals surface area contributed by atoms with Crippen molar-refractivity contribution in [2.45, 2.75) is 76.3 Å². The van der Waals surface area contributed by atoms with E-state index in [9.17, 15) is 0 Å². The molecule has 3 aliphatic rings.